The van der Waals surface area contributed by atoms with Crippen molar-refractivity contribution in [3.63, 3.8) is 0 Å². The number of hydrogen-bond donors (Lipinski definition) is 1. The maximum atomic E-state index is 5.87. The Morgan fingerprint density at radius 3 is 2.17 bits per heavy atom. The quantitative estimate of drug-likeness (QED) is 0.773. The lowest BCUT2D eigenvalue weighted by Gasteiger charge is -2.27. The minimum atomic E-state index is 0.748. The molecule has 0 aliphatic carbocycles. The van der Waals surface area contributed by atoms with Crippen molar-refractivity contribution in [1.82, 2.24) is 4.90 Å². The number of anilines is 1. The normalized spacial score (nSPS) is 16.8. The minimum absolute atomic E-state index is 0.748. The summed E-state index contributed by atoms with van der Waals surface area (Å²) in [4.78, 5) is 2.28. The highest BCUT2D eigenvalue weighted by molar-refractivity contribution is 7.80. The second-order valence-corrected chi connectivity index (χ2v) is 5.51. The predicted molar refractivity (Wildman–Crippen MR) is 82.3 cm³/mol. The summed E-state index contributed by atoms with van der Waals surface area (Å²) in [5.74, 6) is 0. The molecule has 2 nitrogen and oxygen atoms in total. The van der Waals surface area contributed by atoms with Gasteiger partial charge in [0.15, 0.2) is 5.11 Å². The summed E-state index contributed by atoms with van der Waals surface area (Å²) in [5, 5.41) is 4.87. The molecule has 0 bridgehead atoms. The van der Waals surface area contributed by atoms with Gasteiger partial charge < -0.3 is 10.2 Å². The van der Waals surface area contributed by atoms with E-state index in [-0.39, 0.29) is 0 Å². The molecule has 0 spiro atoms. The van der Waals surface area contributed by atoms with Gasteiger partial charge in [0.2, 0.25) is 0 Å². The van der Waals surface area contributed by atoms with E-state index in [4.69, 9.17) is 23.8 Å². The Morgan fingerprint density at radius 1 is 1.00 bits per heavy atom. The van der Waals surface area contributed by atoms with Gasteiger partial charge >= 0.3 is 0 Å². The molecule has 1 N–H and O–H groups in total. The molecule has 1 aliphatic rings. The zero-order valence-electron chi connectivity index (χ0n) is 10.5. The third-order valence-electron chi connectivity index (χ3n) is 3.24. The van der Waals surface area contributed by atoms with E-state index in [0.717, 1.165) is 28.9 Å². The van der Waals surface area contributed by atoms with E-state index in [1.54, 1.807) is 0 Å². The molecular formula is C14H19ClN2S. The van der Waals surface area contributed by atoms with Crippen LogP contribution in [0.4, 0.5) is 5.69 Å². The second-order valence-electron chi connectivity index (χ2n) is 4.69. The Bertz CT molecular complexity index is 383. The van der Waals surface area contributed by atoms with Crippen molar-refractivity contribution >= 4 is 34.6 Å². The number of nitrogens with one attached hydrogen (secondary N) is 1. The van der Waals surface area contributed by atoms with Crippen LogP contribution in [0.3, 0.4) is 0 Å². The third-order valence-corrected chi connectivity index (χ3v) is 3.85. The van der Waals surface area contributed by atoms with Gasteiger partial charge in [0.05, 0.1) is 0 Å². The van der Waals surface area contributed by atoms with Crippen molar-refractivity contribution < 1.29 is 0 Å². The van der Waals surface area contributed by atoms with E-state index < -0.39 is 0 Å². The molecule has 1 aromatic carbocycles. The monoisotopic (exact) mass is 282 g/mol. The smallest absolute Gasteiger partial charge is 0.173 e. The van der Waals surface area contributed by atoms with Crippen molar-refractivity contribution in [3.05, 3.63) is 29.3 Å². The first-order valence-corrected chi connectivity index (χ1v) is 7.36. The van der Waals surface area contributed by atoms with Gasteiger partial charge in [-0.15, -0.1) is 0 Å². The summed E-state index contributed by atoms with van der Waals surface area (Å²) >= 11 is 11.3. The van der Waals surface area contributed by atoms with E-state index in [9.17, 15) is 0 Å². The summed E-state index contributed by atoms with van der Waals surface area (Å²) in [5.41, 5.74) is 1.01. The highest BCUT2D eigenvalue weighted by Gasteiger charge is 2.11. The Morgan fingerprint density at radius 2 is 1.56 bits per heavy atom. The average molecular weight is 283 g/mol. The van der Waals surface area contributed by atoms with Crippen LogP contribution in [-0.2, 0) is 0 Å². The van der Waals surface area contributed by atoms with Crippen LogP contribution < -0.4 is 5.32 Å². The summed E-state index contributed by atoms with van der Waals surface area (Å²) in [6.07, 6.45) is 6.48. The lowest BCUT2D eigenvalue weighted by molar-refractivity contribution is 0.366. The van der Waals surface area contributed by atoms with Gasteiger partial charge in [0.25, 0.3) is 0 Å². The first-order chi connectivity index (χ1) is 8.75. The van der Waals surface area contributed by atoms with Crippen LogP contribution in [0.1, 0.15) is 32.1 Å². The fourth-order valence-corrected chi connectivity index (χ4v) is 2.61. The van der Waals surface area contributed by atoms with Gasteiger partial charge in [-0.3, -0.25) is 0 Å². The molecule has 98 valence electrons. The van der Waals surface area contributed by atoms with E-state index >= 15 is 0 Å². The molecule has 1 fully saturated rings. The Hall–Kier alpha value is -0.800. The van der Waals surface area contributed by atoms with Gasteiger partial charge in [-0.05, 0) is 49.3 Å². The molecule has 18 heavy (non-hydrogen) atoms. The largest absolute Gasteiger partial charge is 0.349 e. The molecule has 1 heterocycles. The molecule has 0 unspecified atom stereocenters. The van der Waals surface area contributed by atoms with Gasteiger partial charge in [0, 0.05) is 23.8 Å². The topological polar surface area (TPSA) is 15.3 Å². The lowest BCUT2D eigenvalue weighted by Crippen LogP contribution is -2.36. The molecule has 1 aliphatic heterocycles. The van der Waals surface area contributed by atoms with Crippen LogP contribution in [0.5, 0.6) is 0 Å². The highest BCUT2D eigenvalue weighted by Crippen LogP contribution is 2.15. The predicted octanol–water partition coefficient (Wildman–Crippen LogP) is 4.30. The molecule has 0 atom stereocenters. The minimum Gasteiger partial charge on any atom is -0.349 e. The fourth-order valence-electron chi connectivity index (χ4n) is 2.19. The summed E-state index contributed by atoms with van der Waals surface area (Å²) in [7, 11) is 0. The van der Waals surface area contributed by atoms with Crippen LogP contribution in [0.25, 0.3) is 0 Å². The Balaban J connectivity index is 1.91. The zero-order chi connectivity index (χ0) is 12.8. The first-order valence-electron chi connectivity index (χ1n) is 6.57. The summed E-state index contributed by atoms with van der Waals surface area (Å²) < 4.78 is 0. The van der Waals surface area contributed by atoms with Crippen LogP contribution in [0.15, 0.2) is 24.3 Å². The molecule has 0 amide bonds. The van der Waals surface area contributed by atoms with Crippen molar-refractivity contribution in [2.75, 3.05) is 18.4 Å². The number of rotatable bonds is 1. The maximum absolute atomic E-state index is 5.87. The van der Waals surface area contributed by atoms with Crippen LogP contribution >= 0.6 is 23.8 Å². The molecular weight excluding hydrogens is 264 g/mol. The average Bonchev–Trinajstić information content (AvgIpc) is 2.31. The standard InChI is InChI=1S/C14H19ClN2S/c15-12-6-8-13(9-7-12)16-14(18)17-10-4-2-1-3-5-11-17/h6-9H,1-5,10-11H2,(H,16,18). The number of likely N-dealkylation sites (tertiary alicyclic amines) is 1. The second kappa shape index (κ2) is 6.95. The molecule has 0 aromatic heterocycles. The summed E-state index contributed by atoms with van der Waals surface area (Å²) in [6.45, 7) is 2.14. The van der Waals surface area contributed by atoms with Gasteiger partial charge in [0.1, 0.15) is 0 Å². The van der Waals surface area contributed by atoms with E-state index in [0.29, 0.717) is 0 Å². The first kappa shape index (κ1) is 13.6. The fraction of sp³-hybridized carbons (Fsp3) is 0.500. The number of thiocarbonyl (C=S) groups is 1. The molecule has 0 saturated carbocycles. The summed E-state index contributed by atoms with van der Waals surface area (Å²) in [6, 6.07) is 7.66. The highest BCUT2D eigenvalue weighted by atomic mass is 35.5. The van der Waals surface area contributed by atoms with Crippen molar-refractivity contribution in [2.45, 2.75) is 32.1 Å². The van der Waals surface area contributed by atoms with Gasteiger partial charge in [-0.25, -0.2) is 0 Å². The number of benzene rings is 1. The molecule has 1 saturated heterocycles. The molecule has 4 heteroatoms. The SMILES string of the molecule is S=C(Nc1ccc(Cl)cc1)N1CCCCCCC1. The van der Waals surface area contributed by atoms with Crippen molar-refractivity contribution in [3.8, 4) is 0 Å². The van der Waals surface area contributed by atoms with Gasteiger partial charge in [-0.2, -0.15) is 0 Å². The number of hydrogen-bond acceptors (Lipinski definition) is 1. The van der Waals surface area contributed by atoms with E-state index in [2.05, 4.69) is 10.2 Å². The number of nitrogens with zero attached hydrogens (tertiary/aromatic N) is 1. The Kier molecular flexibility index (Phi) is 5.26. The third kappa shape index (κ3) is 4.14. The zero-order valence-corrected chi connectivity index (χ0v) is 12.1. The van der Waals surface area contributed by atoms with Crippen LogP contribution in [-0.4, -0.2) is 23.1 Å². The van der Waals surface area contributed by atoms with E-state index in [1.807, 2.05) is 24.3 Å². The molecule has 1 aromatic rings. The van der Waals surface area contributed by atoms with Gasteiger partial charge in [-0.1, -0.05) is 30.9 Å². The van der Waals surface area contributed by atoms with E-state index in [1.165, 1.54) is 32.1 Å². The lowest BCUT2D eigenvalue weighted by atomic mass is 10.1. The van der Waals surface area contributed by atoms with Crippen molar-refractivity contribution in [2.24, 2.45) is 0 Å². The molecule has 0 radical (unpaired) electrons. The number of halogens is 1. The van der Waals surface area contributed by atoms with Crippen LogP contribution in [0, 0.1) is 0 Å². The maximum Gasteiger partial charge on any atom is 0.173 e. The van der Waals surface area contributed by atoms with Crippen LogP contribution in [0.2, 0.25) is 5.02 Å². The molecule has 2 rings (SSSR count). The van der Waals surface area contributed by atoms with Crippen molar-refractivity contribution in [1.29, 1.82) is 0 Å². The Labute approximate surface area is 119 Å².